The Kier molecular flexibility index (Phi) is 5.57. The maximum atomic E-state index is 12.2. The average molecular weight is 392 g/mol. The Balaban J connectivity index is 1.80. The van der Waals surface area contributed by atoms with E-state index in [1.165, 1.54) is 23.1 Å². The topological polar surface area (TPSA) is 68.0 Å². The number of thioether (sulfide) groups is 1. The van der Waals surface area contributed by atoms with E-state index in [2.05, 4.69) is 16.8 Å². The highest BCUT2D eigenvalue weighted by Crippen LogP contribution is 2.27. The summed E-state index contributed by atoms with van der Waals surface area (Å²) < 4.78 is 2.48. The van der Waals surface area contributed by atoms with Gasteiger partial charge in [0, 0.05) is 12.1 Å². The van der Waals surface area contributed by atoms with Crippen LogP contribution in [0.3, 0.4) is 0 Å². The van der Waals surface area contributed by atoms with Crippen molar-refractivity contribution < 1.29 is 9.90 Å². The third kappa shape index (κ3) is 4.12. The minimum atomic E-state index is 0.00114. The van der Waals surface area contributed by atoms with Crippen LogP contribution in [0.2, 0.25) is 4.34 Å². The first-order chi connectivity index (χ1) is 12.1. The van der Waals surface area contributed by atoms with Crippen molar-refractivity contribution >= 4 is 40.5 Å². The minimum absolute atomic E-state index is 0.00114. The molecule has 0 bridgehead atoms. The van der Waals surface area contributed by atoms with Gasteiger partial charge >= 0.3 is 0 Å². The summed E-state index contributed by atoms with van der Waals surface area (Å²) in [6.07, 6.45) is 1.75. The molecule has 3 rings (SSSR count). The fourth-order valence-corrected chi connectivity index (χ4v) is 4.08. The van der Waals surface area contributed by atoms with Crippen LogP contribution in [0.4, 0.5) is 0 Å². The van der Waals surface area contributed by atoms with Crippen molar-refractivity contribution in [2.75, 3.05) is 5.75 Å². The molecule has 128 valence electrons. The van der Waals surface area contributed by atoms with Crippen LogP contribution in [0.1, 0.15) is 9.67 Å². The van der Waals surface area contributed by atoms with E-state index in [1.54, 1.807) is 42.5 Å². The fraction of sp³-hybridized carbons (Fsp3) is 0.118. The van der Waals surface area contributed by atoms with Crippen molar-refractivity contribution in [3.05, 3.63) is 58.3 Å². The predicted octanol–water partition coefficient (Wildman–Crippen LogP) is 4.53. The molecule has 0 aliphatic carbocycles. The second-order valence-corrected chi connectivity index (χ2v) is 7.73. The van der Waals surface area contributed by atoms with Gasteiger partial charge in [-0.15, -0.1) is 28.1 Å². The summed E-state index contributed by atoms with van der Waals surface area (Å²) in [6, 6.07) is 10.2. The molecule has 0 atom stereocenters. The average Bonchev–Trinajstić information content (AvgIpc) is 3.21. The lowest BCUT2D eigenvalue weighted by Crippen LogP contribution is -2.04. The van der Waals surface area contributed by atoms with Crippen molar-refractivity contribution in [3.63, 3.8) is 0 Å². The molecule has 0 aliphatic heterocycles. The highest BCUT2D eigenvalue weighted by molar-refractivity contribution is 7.99. The second-order valence-electron chi connectivity index (χ2n) is 5.07. The quantitative estimate of drug-likeness (QED) is 0.364. The summed E-state index contributed by atoms with van der Waals surface area (Å²) in [6.45, 7) is 4.28. The van der Waals surface area contributed by atoms with Gasteiger partial charge in [-0.3, -0.25) is 9.36 Å². The number of Topliss-reactive ketones (excluding diaryl/α,β-unsaturated/α-hetero) is 1. The number of aromatic nitrogens is 3. The Labute approximate surface area is 158 Å². The normalized spacial score (nSPS) is 10.8. The van der Waals surface area contributed by atoms with Crippen molar-refractivity contribution in [1.82, 2.24) is 14.8 Å². The largest absolute Gasteiger partial charge is 0.508 e. The third-order valence-corrected chi connectivity index (χ3v) is 5.57. The highest BCUT2D eigenvalue weighted by atomic mass is 35.5. The zero-order valence-corrected chi connectivity index (χ0v) is 15.4. The number of rotatable bonds is 7. The van der Waals surface area contributed by atoms with E-state index in [0.29, 0.717) is 26.7 Å². The van der Waals surface area contributed by atoms with Gasteiger partial charge in [-0.05, 0) is 36.4 Å². The molecule has 0 radical (unpaired) electrons. The van der Waals surface area contributed by atoms with Crippen molar-refractivity contribution in [2.24, 2.45) is 0 Å². The van der Waals surface area contributed by atoms with Gasteiger partial charge in [-0.2, -0.15) is 0 Å². The fourth-order valence-electron chi connectivity index (χ4n) is 2.18. The van der Waals surface area contributed by atoms with Crippen LogP contribution in [0.15, 0.2) is 54.2 Å². The molecule has 1 aromatic carbocycles. The zero-order chi connectivity index (χ0) is 17.8. The molecule has 5 nitrogen and oxygen atoms in total. The molecule has 0 saturated carbocycles. The van der Waals surface area contributed by atoms with Crippen LogP contribution in [0.25, 0.3) is 11.4 Å². The Morgan fingerprint density at radius 1 is 1.28 bits per heavy atom. The Morgan fingerprint density at radius 2 is 2.04 bits per heavy atom. The molecule has 25 heavy (non-hydrogen) atoms. The molecule has 1 N–H and O–H groups in total. The molecule has 3 aromatic rings. The summed E-state index contributed by atoms with van der Waals surface area (Å²) in [5, 5.41) is 18.5. The number of carbonyl (C=O) groups is 1. The Bertz CT molecular complexity index is 903. The first-order valence-corrected chi connectivity index (χ1v) is 9.51. The number of nitrogens with zero attached hydrogens (tertiary/aromatic N) is 3. The van der Waals surface area contributed by atoms with E-state index in [-0.39, 0.29) is 17.3 Å². The smallest absolute Gasteiger partial charge is 0.192 e. The maximum Gasteiger partial charge on any atom is 0.192 e. The number of thiophene rings is 1. The zero-order valence-electron chi connectivity index (χ0n) is 13.1. The SMILES string of the molecule is C=CCn1c(SCC(=O)c2ccc(Cl)s2)nnc1-c1ccc(O)cc1. The van der Waals surface area contributed by atoms with Crippen molar-refractivity contribution in [2.45, 2.75) is 11.7 Å². The summed E-state index contributed by atoms with van der Waals surface area (Å²) in [5.74, 6) is 1.10. The summed E-state index contributed by atoms with van der Waals surface area (Å²) in [4.78, 5) is 12.9. The van der Waals surface area contributed by atoms with Gasteiger partial charge in [0.1, 0.15) is 5.75 Å². The summed E-state index contributed by atoms with van der Waals surface area (Å²) in [7, 11) is 0. The van der Waals surface area contributed by atoms with E-state index in [9.17, 15) is 9.90 Å². The van der Waals surface area contributed by atoms with Crippen LogP contribution in [0, 0.1) is 0 Å². The number of phenolic OH excluding ortho intramolecular Hbond substituents is 1. The van der Waals surface area contributed by atoms with Gasteiger partial charge in [0.2, 0.25) is 0 Å². The molecule has 2 aromatic heterocycles. The van der Waals surface area contributed by atoms with Gasteiger partial charge in [0.15, 0.2) is 16.8 Å². The van der Waals surface area contributed by atoms with Crippen LogP contribution in [-0.2, 0) is 6.54 Å². The maximum absolute atomic E-state index is 12.2. The van der Waals surface area contributed by atoms with Gasteiger partial charge in [0.05, 0.1) is 15.0 Å². The van der Waals surface area contributed by atoms with Crippen LogP contribution < -0.4 is 0 Å². The van der Waals surface area contributed by atoms with Crippen LogP contribution in [0.5, 0.6) is 5.75 Å². The van der Waals surface area contributed by atoms with Crippen molar-refractivity contribution in [3.8, 4) is 17.1 Å². The van der Waals surface area contributed by atoms with E-state index >= 15 is 0 Å². The van der Waals surface area contributed by atoms with E-state index in [0.717, 1.165) is 5.56 Å². The number of phenols is 1. The lowest BCUT2D eigenvalue weighted by Gasteiger charge is -2.07. The number of ketones is 1. The Hall–Kier alpha value is -2.09. The van der Waals surface area contributed by atoms with Crippen molar-refractivity contribution in [1.29, 1.82) is 0 Å². The van der Waals surface area contributed by atoms with E-state index in [4.69, 9.17) is 11.6 Å². The van der Waals surface area contributed by atoms with E-state index < -0.39 is 0 Å². The molecule has 8 heteroatoms. The van der Waals surface area contributed by atoms with Crippen LogP contribution in [-0.4, -0.2) is 31.4 Å². The van der Waals surface area contributed by atoms with Gasteiger partial charge < -0.3 is 5.11 Å². The number of carbonyl (C=O) groups excluding carboxylic acids is 1. The minimum Gasteiger partial charge on any atom is -0.508 e. The lowest BCUT2D eigenvalue weighted by molar-refractivity contribution is 0.102. The molecule has 0 fully saturated rings. The predicted molar refractivity (Wildman–Crippen MR) is 102 cm³/mol. The van der Waals surface area contributed by atoms with Gasteiger partial charge in [0.25, 0.3) is 0 Å². The first-order valence-electron chi connectivity index (χ1n) is 7.33. The van der Waals surface area contributed by atoms with Gasteiger partial charge in [-0.1, -0.05) is 29.4 Å². The van der Waals surface area contributed by atoms with Crippen LogP contribution >= 0.6 is 34.7 Å². The first kappa shape index (κ1) is 17.7. The molecule has 2 heterocycles. The standard InChI is InChI=1S/C17H14ClN3O2S2/c1-2-9-21-16(11-3-5-12(22)6-4-11)19-20-17(21)24-10-13(23)14-7-8-15(18)25-14/h2-8,22H,1,9-10H2. The lowest BCUT2D eigenvalue weighted by atomic mass is 10.2. The molecular formula is C17H14ClN3O2S2. The number of halogens is 1. The number of hydrogen-bond acceptors (Lipinski definition) is 6. The monoisotopic (exact) mass is 391 g/mol. The Morgan fingerprint density at radius 3 is 2.68 bits per heavy atom. The molecule has 0 unspecified atom stereocenters. The molecule has 0 aliphatic rings. The summed E-state index contributed by atoms with van der Waals surface area (Å²) >= 11 is 8.47. The van der Waals surface area contributed by atoms with Gasteiger partial charge in [-0.25, -0.2) is 0 Å². The van der Waals surface area contributed by atoms with E-state index in [1.807, 2.05) is 4.57 Å². The third-order valence-electron chi connectivity index (χ3n) is 3.33. The molecule has 0 saturated heterocycles. The number of aromatic hydroxyl groups is 1. The molecule has 0 spiro atoms. The number of hydrogen-bond donors (Lipinski definition) is 1. The highest BCUT2D eigenvalue weighted by Gasteiger charge is 2.16. The molecule has 0 amide bonds. The second kappa shape index (κ2) is 7.86. The molecular weight excluding hydrogens is 378 g/mol. The number of allylic oxidation sites excluding steroid dienone is 1. The summed E-state index contributed by atoms with van der Waals surface area (Å²) in [5.41, 5.74) is 0.829. The number of benzene rings is 1.